The fourth-order valence-corrected chi connectivity index (χ4v) is 2.05. The van der Waals surface area contributed by atoms with Crippen molar-refractivity contribution < 1.29 is 0 Å². The van der Waals surface area contributed by atoms with Gasteiger partial charge in [0.05, 0.1) is 11.4 Å². The van der Waals surface area contributed by atoms with E-state index in [4.69, 9.17) is 5.73 Å². The Morgan fingerprint density at radius 3 is 2.47 bits per heavy atom. The van der Waals surface area contributed by atoms with Crippen LogP contribution in [-0.2, 0) is 0 Å². The zero-order valence-corrected chi connectivity index (χ0v) is 10.9. The van der Waals surface area contributed by atoms with Crippen LogP contribution in [0.2, 0.25) is 0 Å². The molecule has 0 atom stereocenters. The highest BCUT2D eigenvalue weighted by molar-refractivity contribution is 7.19. The van der Waals surface area contributed by atoms with E-state index in [9.17, 15) is 0 Å². The maximum Gasteiger partial charge on any atom is 0.182 e. The first-order valence-electron chi connectivity index (χ1n) is 5.28. The molecular weight excluding hydrogens is 232 g/mol. The van der Waals surface area contributed by atoms with Crippen LogP contribution in [0.1, 0.15) is 16.8 Å². The Bertz CT molecular complexity index is 572. The monoisotopic (exact) mass is 246 g/mol. The minimum Gasteiger partial charge on any atom is -0.375 e. The summed E-state index contributed by atoms with van der Waals surface area (Å²) in [5.74, 6) is 0. The Morgan fingerprint density at radius 2 is 1.88 bits per heavy atom. The molecule has 17 heavy (non-hydrogen) atoms. The lowest BCUT2D eigenvalue weighted by molar-refractivity contribution is 1.19. The number of nitrogens with zero attached hydrogens (tertiary/aromatic N) is 3. The highest BCUT2D eigenvalue weighted by atomic mass is 32.1. The van der Waals surface area contributed by atoms with Gasteiger partial charge in [0.15, 0.2) is 10.1 Å². The first-order chi connectivity index (χ1) is 8.06. The minimum atomic E-state index is 0.525. The molecule has 4 nitrogen and oxygen atoms in total. The number of benzene rings is 1. The highest BCUT2D eigenvalue weighted by Gasteiger charge is 2.03. The first kappa shape index (κ1) is 11.7. The molecule has 0 aliphatic heterocycles. The summed E-state index contributed by atoms with van der Waals surface area (Å²) in [5.41, 5.74) is 9.73. The fourth-order valence-electron chi connectivity index (χ4n) is 1.39. The SMILES string of the molecule is Cc1ccc(N=Nc2sc(N)nc2C)cc1C. The van der Waals surface area contributed by atoms with Crippen LogP contribution in [0.15, 0.2) is 28.4 Å². The fraction of sp³-hybridized carbons (Fsp3) is 0.250. The molecule has 0 aliphatic carbocycles. The summed E-state index contributed by atoms with van der Waals surface area (Å²) in [4.78, 5) is 4.10. The van der Waals surface area contributed by atoms with Crippen molar-refractivity contribution in [1.82, 2.24) is 4.98 Å². The smallest absolute Gasteiger partial charge is 0.182 e. The van der Waals surface area contributed by atoms with Crippen LogP contribution in [-0.4, -0.2) is 4.98 Å². The van der Waals surface area contributed by atoms with Crippen LogP contribution in [0.5, 0.6) is 0 Å². The molecule has 0 spiro atoms. The van der Waals surface area contributed by atoms with E-state index >= 15 is 0 Å². The number of azo groups is 1. The van der Waals surface area contributed by atoms with E-state index in [0.29, 0.717) is 5.13 Å². The molecule has 2 aromatic rings. The lowest BCUT2D eigenvalue weighted by Crippen LogP contribution is -1.80. The molecule has 1 aromatic carbocycles. The highest BCUT2D eigenvalue weighted by Crippen LogP contribution is 2.30. The predicted octanol–water partition coefficient (Wildman–Crippen LogP) is 4.07. The molecule has 2 rings (SSSR count). The average molecular weight is 246 g/mol. The molecule has 0 saturated heterocycles. The quantitative estimate of drug-likeness (QED) is 0.812. The van der Waals surface area contributed by atoms with Gasteiger partial charge in [-0.3, -0.25) is 0 Å². The van der Waals surface area contributed by atoms with E-state index in [1.807, 2.05) is 25.1 Å². The van der Waals surface area contributed by atoms with E-state index in [1.165, 1.54) is 22.5 Å². The van der Waals surface area contributed by atoms with Crippen molar-refractivity contribution in [3.8, 4) is 0 Å². The van der Waals surface area contributed by atoms with Crippen LogP contribution in [0.25, 0.3) is 0 Å². The number of hydrogen-bond donors (Lipinski definition) is 1. The number of nitrogens with two attached hydrogens (primary N) is 1. The van der Waals surface area contributed by atoms with E-state index in [0.717, 1.165) is 16.4 Å². The number of hydrogen-bond acceptors (Lipinski definition) is 5. The third kappa shape index (κ3) is 2.68. The topological polar surface area (TPSA) is 63.6 Å². The standard InChI is InChI=1S/C12H14N4S/c1-7-4-5-10(6-8(7)2)15-16-11-9(3)14-12(13)17-11/h4-6H,1-3H3,(H2,13,14). The molecule has 2 N–H and O–H groups in total. The van der Waals surface area contributed by atoms with E-state index < -0.39 is 0 Å². The van der Waals surface area contributed by atoms with Crippen molar-refractivity contribution in [3.05, 3.63) is 35.0 Å². The van der Waals surface area contributed by atoms with Crippen molar-refractivity contribution in [1.29, 1.82) is 0 Å². The van der Waals surface area contributed by atoms with Crippen LogP contribution < -0.4 is 5.73 Å². The Labute approximate surface area is 104 Å². The van der Waals surface area contributed by atoms with Gasteiger partial charge in [0.25, 0.3) is 0 Å². The molecule has 0 amide bonds. The number of thiazole rings is 1. The second-order valence-corrected chi connectivity index (χ2v) is 4.92. The first-order valence-corrected chi connectivity index (χ1v) is 6.10. The van der Waals surface area contributed by atoms with Crippen molar-refractivity contribution >= 4 is 27.2 Å². The Kier molecular flexibility index (Phi) is 3.19. The zero-order chi connectivity index (χ0) is 12.4. The number of aryl methyl sites for hydroxylation is 3. The van der Waals surface area contributed by atoms with E-state index in [2.05, 4.69) is 29.1 Å². The molecular formula is C12H14N4S. The normalized spacial score (nSPS) is 11.2. The van der Waals surface area contributed by atoms with Crippen LogP contribution in [0.3, 0.4) is 0 Å². The molecule has 1 heterocycles. The third-order valence-corrected chi connectivity index (χ3v) is 3.41. The van der Waals surface area contributed by atoms with Crippen molar-refractivity contribution in [2.75, 3.05) is 5.73 Å². The molecule has 1 aromatic heterocycles. The Hall–Kier alpha value is -1.75. The third-order valence-electron chi connectivity index (χ3n) is 2.54. The Balaban J connectivity index is 2.26. The minimum absolute atomic E-state index is 0.525. The molecule has 5 heteroatoms. The number of anilines is 1. The van der Waals surface area contributed by atoms with Gasteiger partial charge < -0.3 is 5.73 Å². The molecule has 0 unspecified atom stereocenters. The number of nitrogen functional groups attached to an aromatic ring is 1. The lowest BCUT2D eigenvalue weighted by Gasteiger charge is -1.99. The van der Waals surface area contributed by atoms with Gasteiger partial charge in [-0.2, -0.15) is 0 Å². The summed E-state index contributed by atoms with van der Waals surface area (Å²) >= 11 is 1.35. The summed E-state index contributed by atoms with van der Waals surface area (Å²) < 4.78 is 0. The van der Waals surface area contributed by atoms with E-state index in [1.54, 1.807) is 0 Å². The van der Waals surface area contributed by atoms with Gasteiger partial charge in [-0.25, -0.2) is 4.98 Å². The van der Waals surface area contributed by atoms with Gasteiger partial charge in [0.1, 0.15) is 0 Å². The van der Waals surface area contributed by atoms with Crippen LogP contribution >= 0.6 is 11.3 Å². The summed E-state index contributed by atoms with van der Waals surface area (Å²) in [5, 5.41) is 9.65. The second kappa shape index (κ2) is 4.63. The molecule has 0 saturated carbocycles. The summed E-state index contributed by atoms with van der Waals surface area (Å²) in [7, 11) is 0. The maximum absolute atomic E-state index is 5.60. The number of rotatable bonds is 2. The predicted molar refractivity (Wildman–Crippen MR) is 71.4 cm³/mol. The van der Waals surface area contributed by atoms with Gasteiger partial charge >= 0.3 is 0 Å². The van der Waals surface area contributed by atoms with Gasteiger partial charge in [-0.05, 0) is 44.0 Å². The molecule has 0 aliphatic rings. The van der Waals surface area contributed by atoms with Gasteiger partial charge in [-0.15, -0.1) is 10.2 Å². The molecule has 0 radical (unpaired) electrons. The van der Waals surface area contributed by atoms with Gasteiger partial charge in [0, 0.05) is 0 Å². The van der Waals surface area contributed by atoms with Crippen LogP contribution in [0.4, 0.5) is 15.8 Å². The van der Waals surface area contributed by atoms with Gasteiger partial charge in [-0.1, -0.05) is 17.4 Å². The largest absolute Gasteiger partial charge is 0.375 e. The maximum atomic E-state index is 5.60. The molecule has 0 fully saturated rings. The molecule has 88 valence electrons. The lowest BCUT2D eigenvalue weighted by atomic mass is 10.1. The van der Waals surface area contributed by atoms with Crippen LogP contribution in [0, 0.1) is 20.8 Å². The van der Waals surface area contributed by atoms with E-state index in [-0.39, 0.29) is 0 Å². The number of aromatic nitrogens is 1. The van der Waals surface area contributed by atoms with Crippen molar-refractivity contribution in [3.63, 3.8) is 0 Å². The summed E-state index contributed by atoms with van der Waals surface area (Å²) in [6, 6.07) is 6.00. The van der Waals surface area contributed by atoms with Crippen molar-refractivity contribution in [2.24, 2.45) is 10.2 Å². The molecule has 0 bridgehead atoms. The Morgan fingerprint density at radius 1 is 1.12 bits per heavy atom. The van der Waals surface area contributed by atoms with Crippen molar-refractivity contribution in [2.45, 2.75) is 20.8 Å². The summed E-state index contributed by atoms with van der Waals surface area (Å²) in [6.45, 7) is 6.01. The van der Waals surface area contributed by atoms with Gasteiger partial charge in [0.2, 0.25) is 0 Å². The zero-order valence-electron chi connectivity index (χ0n) is 10.1. The summed E-state index contributed by atoms with van der Waals surface area (Å²) in [6.07, 6.45) is 0. The average Bonchev–Trinajstić information content (AvgIpc) is 2.59. The second-order valence-electron chi connectivity index (χ2n) is 3.91.